The van der Waals surface area contributed by atoms with E-state index in [2.05, 4.69) is 4.98 Å². The van der Waals surface area contributed by atoms with Gasteiger partial charge in [-0.25, -0.2) is 18.2 Å². The first-order valence-corrected chi connectivity index (χ1v) is 3.25. The molecule has 1 amide bonds. The molecule has 1 rings (SSSR count). The van der Waals surface area contributed by atoms with Crippen LogP contribution >= 0.6 is 0 Å². The summed E-state index contributed by atoms with van der Waals surface area (Å²) < 4.78 is 36.7. The van der Waals surface area contributed by atoms with Crippen molar-refractivity contribution in [2.45, 2.75) is 6.43 Å². The molecule has 0 fully saturated rings. The molecule has 1 aromatic heterocycles. The minimum absolute atomic E-state index is 0.539. The first kappa shape index (κ1) is 9.50. The Balaban J connectivity index is 3.13. The summed E-state index contributed by atoms with van der Waals surface area (Å²) in [5.41, 5.74) is 3.50. The molecule has 1 aromatic rings. The van der Waals surface area contributed by atoms with Crippen LogP contribution in [0.5, 0.6) is 0 Å². The van der Waals surface area contributed by atoms with Crippen molar-refractivity contribution in [3.63, 3.8) is 0 Å². The molecule has 0 aliphatic rings. The molecule has 0 aliphatic carbocycles. The number of aromatic nitrogens is 1. The molecule has 0 aromatic carbocycles. The highest BCUT2D eigenvalue weighted by Gasteiger charge is 2.14. The predicted octanol–water partition coefficient (Wildman–Crippen LogP) is 1.26. The second-order valence-corrected chi connectivity index (χ2v) is 2.26. The highest BCUT2D eigenvalue weighted by molar-refractivity contribution is 5.90. The van der Waals surface area contributed by atoms with Crippen molar-refractivity contribution >= 4 is 5.91 Å². The third-order valence-corrected chi connectivity index (χ3v) is 1.35. The SMILES string of the molecule is NC(=O)c1ncc(C(F)F)cc1F. The number of alkyl halides is 2. The molecule has 0 saturated heterocycles. The number of nitrogens with zero attached hydrogens (tertiary/aromatic N) is 1. The number of halogens is 3. The lowest BCUT2D eigenvalue weighted by Crippen LogP contribution is -2.15. The highest BCUT2D eigenvalue weighted by Crippen LogP contribution is 2.19. The lowest BCUT2D eigenvalue weighted by atomic mass is 10.2. The molecule has 1 heterocycles. The zero-order valence-corrected chi connectivity index (χ0v) is 6.30. The Kier molecular flexibility index (Phi) is 2.50. The summed E-state index contributed by atoms with van der Waals surface area (Å²) in [7, 11) is 0. The lowest BCUT2D eigenvalue weighted by molar-refractivity contribution is 0.0990. The van der Waals surface area contributed by atoms with Gasteiger partial charge in [-0.05, 0) is 6.07 Å². The van der Waals surface area contributed by atoms with E-state index in [0.29, 0.717) is 12.3 Å². The number of amides is 1. The van der Waals surface area contributed by atoms with Crippen LogP contribution in [0.3, 0.4) is 0 Å². The van der Waals surface area contributed by atoms with Crippen molar-refractivity contribution in [2.75, 3.05) is 0 Å². The highest BCUT2D eigenvalue weighted by atomic mass is 19.3. The van der Waals surface area contributed by atoms with Crippen molar-refractivity contribution in [3.05, 3.63) is 29.3 Å². The van der Waals surface area contributed by atoms with Gasteiger partial charge in [0.1, 0.15) is 0 Å². The summed E-state index contributed by atoms with van der Waals surface area (Å²) in [6.45, 7) is 0. The van der Waals surface area contributed by atoms with E-state index in [1.165, 1.54) is 0 Å². The monoisotopic (exact) mass is 190 g/mol. The quantitative estimate of drug-likeness (QED) is 0.763. The zero-order valence-electron chi connectivity index (χ0n) is 6.30. The van der Waals surface area contributed by atoms with Crippen LogP contribution in [-0.2, 0) is 0 Å². The fourth-order valence-corrected chi connectivity index (χ4v) is 0.753. The van der Waals surface area contributed by atoms with Crippen LogP contribution in [0.25, 0.3) is 0 Å². The average molecular weight is 190 g/mol. The van der Waals surface area contributed by atoms with Gasteiger partial charge in [0.05, 0.1) is 0 Å². The maximum atomic E-state index is 12.8. The van der Waals surface area contributed by atoms with Crippen molar-refractivity contribution in [1.82, 2.24) is 4.98 Å². The number of carbonyl (C=O) groups is 1. The molecular formula is C7H5F3N2O. The van der Waals surface area contributed by atoms with Gasteiger partial charge in [-0.15, -0.1) is 0 Å². The first-order chi connectivity index (χ1) is 6.02. The molecule has 70 valence electrons. The molecule has 0 spiro atoms. The molecule has 6 heteroatoms. The third-order valence-electron chi connectivity index (χ3n) is 1.35. The van der Waals surface area contributed by atoms with Gasteiger partial charge < -0.3 is 5.73 Å². The number of pyridine rings is 1. The molecule has 0 aliphatic heterocycles. The van der Waals surface area contributed by atoms with Gasteiger partial charge >= 0.3 is 0 Å². The normalized spacial score (nSPS) is 10.5. The van der Waals surface area contributed by atoms with Gasteiger partial charge in [-0.1, -0.05) is 0 Å². The van der Waals surface area contributed by atoms with E-state index in [4.69, 9.17) is 5.73 Å². The summed E-state index contributed by atoms with van der Waals surface area (Å²) in [6, 6.07) is 0.539. The molecular weight excluding hydrogens is 185 g/mol. The van der Waals surface area contributed by atoms with Crippen molar-refractivity contribution in [1.29, 1.82) is 0 Å². The van der Waals surface area contributed by atoms with E-state index in [9.17, 15) is 18.0 Å². The number of primary amides is 1. The molecule has 3 nitrogen and oxygen atoms in total. The van der Waals surface area contributed by atoms with Gasteiger partial charge in [0.25, 0.3) is 12.3 Å². The number of hydrogen-bond donors (Lipinski definition) is 1. The first-order valence-electron chi connectivity index (χ1n) is 3.25. The second-order valence-electron chi connectivity index (χ2n) is 2.26. The molecule has 0 bridgehead atoms. The molecule has 0 unspecified atom stereocenters. The Labute approximate surface area is 71.4 Å². The van der Waals surface area contributed by atoms with E-state index in [1.807, 2.05) is 0 Å². The van der Waals surface area contributed by atoms with Gasteiger partial charge in [0, 0.05) is 11.8 Å². The van der Waals surface area contributed by atoms with Crippen LogP contribution in [-0.4, -0.2) is 10.9 Å². The van der Waals surface area contributed by atoms with Crippen molar-refractivity contribution in [2.24, 2.45) is 5.73 Å². The van der Waals surface area contributed by atoms with Crippen LogP contribution in [0.15, 0.2) is 12.3 Å². The van der Waals surface area contributed by atoms with Gasteiger partial charge in [-0.3, -0.25) is 4.79 Å². The number of rotatable bonds is 2. The van der Waals surface area contributed by atoms with Crippen LogP contribution in [0, 0.1) is 5.82 Å². The van der Waals surface area contributed by atoms with Crippen LogP contribution < -0.4 is 5.73 Å². The minimum atomic E-state index is -2.82. The number of carbonyl (C=O) groups excluding carboxylic acids is 1. The third kappa shape index (κ3) is 1.95. The minimum Gasteiger partial charge on any atom is -0.364 e. The second kappa shape index (κ2) is 3.42. The van der Waals surface area contributed by atoms with Crippen molar-refractivity contribution < 1.29 is 18.0 Å². The Hall–Kier alpha value is -1.59. The summed E-state index contributed by atoms with van der Waals surface area (Å²) in [4.78, 5) is 13.6. The molecule has 13 heavy (non-hydrogen) atoms. The maximum Gasteiger partial charge on any atom is 0.270 e. The van der Waals surface area contributed by atoms with E-state index in [1.54, 1.807) is 0 Å². The predicted molar refractivity (Wildman–Crippen MR) is 37.7 cm³/mol. The van der Waals surface area contributed by atoms with E-state index >= 15 is 0 Å². The fraction of sp³-hybridized carbons (Fsp3) is 0.143. The molecule has 0 radical (unpaired) electrons. The number of nitrogens with two attached hydrogens (primary N) is 1. The summed E-state index contributed by atoms with van der Waals surface area (Å²) in [5.74, 6) is -2.22. The fourth-order valence-electron chi connectivity index (χ4n) is 0.753. The van der Waals surface area contributed by atoms with Gasteiger partial charge in [-0.2, -0.15) is 0 Å². The van der Waals surface area contributed by atoms with Gasteiger partial charge in [0.2, 0.25) is 0 Å². The van der Waals surface area contributed by atoms with Crippen LogP contribution in [0.4, 0.5) is 13.2 Å². The van der Waals surface area contributed by atoms with Crippen molar-refractivity contribution in [3.8, 4) is 0 Å². The topological polar surface area (TPSA) is 56.0 Å². The van der Waals surface area contributed by atoms with E-state index in [-0.39, 0.29) is 0 Å². The number of hydrogen-bond acceptors (Lipinski definition) is 2. The Bertz CT molecular complexity index is 341. The smallest absolute Gasteiger partial charge is 0.270 e. The summed E-state index contributed by atoms with van der Waals surface area (Å²) in [6.07, 6.45) is -2.10. The molecule has 0 saturated carbocycles. The average Bonchev–Trinajstić information content (AvgIpc) is 2.03. The van der Waals surface area contributed by atoms with E-state index < -0.39 is 29.4 Å². The van der Waals surface area contributed by atoms with E-state index in [0.717, 1.165) is 0 Å². The Morgan fingerprint density at radius 3 is 2.54 bits per heavy atom. The Morgan fingerprint density at radius 1 is 1.54 bits per heavy atom. The Morgan fingerprint density at radius 2 is 2.15 bits per heavy atom. The van der Waals surface area contributed by atoms with Gasteiger partial charge in [0.15, 0.2) is 11.5 Å². The largest absolute Gasteiger partial charge is 0.364 e. The maximum absolute atomic E-state index is 12.8. The zero-order chi connectivity index (χ0) is 10.0. The molecule has 2 N–H and O–H groups in total. The lowest BCUT2D eigenvalue weighted by Gasteiger charge is -2.00. The summed E-state index contributed by atoms with van der Waals surface area (Å²) >= 11 is 0. The standard InChI is InChI=1S/C7H5F3N2O/c8-4-1-3(6(9)10)2-12-5(4)7(11)13/h1-2,6H,(H2,11,13). The van der Waals surface area contributed by atoms with Crippen LogP contribution in [0.1, 0.15) is 22.5 Å². The molecule has 0 atom stereocenters. The van der Waals surface area contributed by atoms with Crippen LogP contribution in [0.2, 0.25) is 0 Å². The summed E-state index contributed by atoms with van der Waals surface area (Å²) in [5, 5.41) is 0.